The number of carbonyl (C=O) groups excluding carboxylic acids is 1. The van der Waals surface area contributed by atoms with E-state index in [1.807, 2.05) is 6.07 Å². The van der Waals surface area contributed by atoms with E-state index in [2.05, 4.69) is 5.32 Å². The Kier molecular flexibility index (Phi) is 3.89. The van der Waals surface area contributed by atoms with Crippen LogP contribution in [0.2, 0.25) is 0 Å². The number of phenols is 1. The smallest absolute Gasteiger partial charge is 0.235 e. The van der Waals surface area contributed by atoms with Gasteiger partial charge in [0.15, 0.2) is 0 Å². The lowest BCUT2D eigenvalue weighted by Gasteiger charge is -2.20. The molecule has 0 aliphatic heterocycles. The number of carbonyl (C=O) groups is 1. The summed E-state index contributed by atoms with van der Waals surface area (Å²) in [5.41, 5.74) is 3.34. The molecule has 1 aliphatic carbocycles. The lowest BCUT2D eigenvalue weighted by atomic mass is 9.88. The van der Waals surface area contributed by atoms with Crippen molar-refractivity contribution in [3.8, 4) is 5.75 Å². The number of fused-ring (bicyclic) bond motifs is 1. The Labute approximate surface area is 106 Å². The van der Waals surface area contributed by atoms with Crippen LogP contribution < -0.4 is 5.32 Å². The average molecular weight is 254 g/mol. The molecule has 17 heavy (non-hydrogen) atoms. The molecule has 0 radical (unpaired) electrons. The fraction of sp³-hybridized carbons (Fsp3) is 0.462. The second-order valence-electron chi connectivity index (χ2n) is 4.32. The van der Waals surface area contributed by atoms with E-state index >= 15 is 0 Å². The maximum Gasteiger partial charge on any atom is 0.235 e. The summed E-state index contributed by atoms with van der Waals surface area (Å²) in [5.74, 6) is 0.00971. The first kappa shape index (κ1) is 12.2. The van der Waals surface area contributed by atoms with E-state index in [1.165, 1.54) is 17.5 Å². The zero-order chi connectivity index (χ0) is 12.3. The number of rotatable bonds is 3. The van der Waals surface area contributed by atoms with Gasteiger partial charge >= 0.3 is 0 Å². The summed E-state index contributed by atoms with van der Waals surface area (Å²) in [4.78, 5) is 11.1. The number of hydrogen-bond acceptors (Lipinski definition) is 2. The van der Waals surface area contributed by atoms with Gasteiger partial charge in [0.1, 0.15) is 11.6 Å². The van der Waals surface area contributed by atoms with Crippen LogP contribution >= 0.6 is 11.6 Å². The molecule has 0 fully saturated rings. The first-order valence-corrected chi connectivity index (χ1v) is 6.41. The highest BCUT2D eigenvalue weighted by Crippen LogP contribution is 2.30. The fourth-order valence-corrected chi connectivity index (χ4v) is 2.42. The molecule has 1 aromatic rings. The van der Waals surface area contributed by atoms with Gasteiger partial charge in [0.2, 0.25) is 5.91 Å². The quantitative estimate of drug-likeness (QED) is 0.811. The van der Waals surface area contributed by atoms with Crippen LogP contribution in [0.5, 0.6) is 5.75 Å². The lowest BCUT2D eigenvalue weighted by Crippen LogP contribution is -2.25. The highest BCUT2D eigenvalue weighted by Gasteiger charge is 2.16. The number of aryl methyl sites for hydroxylation is 1. The third kappa shape index (κ3) is 2.72. The summed E-state index contributed by atoms with van der Waals surface area (Å²) in [6.07, 6.45) is 4.39. The minimum atomic E-state index is -0.209. The number of phenolic OH excluding ortho intramolecular Hbond substituents is 1. The van der Waals surface area contributed by atoms with Crippen LogP contribution in [-0.4, -0.2) is 16.9 Å². The van der Waals surface area contributed by atoms with Crippen molar-refractivity contribution < 1.29 is 9.90 Å². The summed E-state index contributed by atoms with van der Waals surface area (Å²) < 4.78 is 0. The van der Waals surface area contributed by atoms with Crippen molar-refractivity contribution >= 4 is 17.5 Å². The number of benzene rings is 1. The highest BCUT2D eigenvalue weighted by molar-refractivity contribution is 6.27. The molecule has 0 heterocycles. The normalized spacial score (nSPS) is 14.2. The number of amides is 1. The summed E-state index contributed by atoms with van der Waals surface area (Å²) in [5, 5.41) is 12.6. The molecule has 1 amide bonds. The van der Waals surface area contributed by atoms with Crippen LogP contribution in [0.1, 0.15) is 29.5 Å². The highest BCUT2D eigenvalue weighted by atomic mass is 35.5. The van der Waals surface area contributed by atoms with Gasteiger partial charge in [-0.2, -0.15) is 0 Å². The average Bonchev–Trinajstić information content (AvgIpc) is 2.37. The summed E-state index contributed by atoms with van der Waals surface area (Å²) in [7, 11) is 0. The lowest BCUT2D eigenvalue weighted by molar-refractivity contribution is -0.118. The molecule has 92 valence electrons. The Hall–Kier alpha value is -1.22. The largest absolute Gasteiger partial charge is 0.508 e. The van der Waals surface area contributed by atoms with Crippen molar-refractivity contribution in [3.05, 3.63) is 28.8 Å². The van der Waals surface area contributed by atoms with E-state index in [-0.39, 0.29) is 17.5 Å². The Morgan fingerprint density at radius 1 is 1.35 bits per heavy atom. The fourth-order valence-electron chi connectivity index (χ4n) is 2.32. The zero-order valence-electron chi connectivity index (χ0n) is 9.63. The predicted molar refractivity (Wildman–Crippen MR) is 67.3 cm³/mol. The first-order chi connectivity index (χ1) is 8.22. The number of alkyl halides is 1. The molecule has 0 saturated carbocycles. The number of halogens is 1. The molecule has 0 atom stereocenters. The maximum atomic E-state index is 11.1. The topological polar surface area (TPSA) is 49.3 Å². The van der Waals surface area contributed by atoms with Crippen LogP contribution in [0.25, 0.3) is 0 Å². The van der Waals surface area contributed by atoms with Crippen molar-refractivity contribution in [3.63, 3.8) is 0 Å². The molecule has 1 aromatic carbocycles. The molecular weight excluding hydrogens is 238 g/mol. The monoisotopic (exact) mass is 253 g/mol. The van der Waals surface area contributed by atoms with Gasteiger partial charge < -0.3 is 10.4 Å². The Bertz CT molecular complexity index is 432. The SMILES string of the molecule is O=C(CCl)NCc1c(O)ccc2c1CCCC2. The molecule has 0 spiro atoms. The molecule has 0 bridgehead atoms. The molecule has 0 aromatic heterocycles. The predicted octanol–water partition coefficient (Wildman–Crippen LogP) is 2.13. The molecular formula is C13H16ClNO2. The van der Waals surface area contributed by atoms with Crippen molar-refractivity contribution in [2.45, 2.75) is 32.2 Å². The van der Waals surface area contributed by atoms with Gasteiger partial charge in [0, 0.05) is 12.1 Å². The van der Waals surface area contributed by atoms with E-state index in [0.717, 1.165) is 24.8 Å². The van der Waals surface area contributed by atoms with Gasteiger partial charge in [-0.05, 0) is 42.9 Å². The van der Waals surface area contributed by atoms with Gasteiger partial charge in [-0.3, -0.25) is 4.79 Å². The third-order valence-electron chi connectivity index (χ3n) is 3.21. The molecule has 3 nitrogen and oxygen atoms in total. The van der Waals surface area contributed by atoms with Gasteiger partial charge in [0.05, 0.1) is 0 Å². The zero-order valence-corrected chi connectivity index (χ0v) is 10.4. The molecule has 2 rings (SSSR count). The minimum Gasteiger partial charge on any atom is -0.508 e. The standard InChI is InChI=1S/C13H16ClNO2/c14-7-13(17)15-8-11-10-4-2-1-3-9(10)5-6-12(11)16/h5-6,16H,1-4,7-8H2,(H,15,17). The van der Waals surface area contributed by atoms with Crippen LogP contribution in [0.3, 0.4) is 0 Å². The van der Waals surface area contributed by atoms with Gasteiger partial charge in [0.25, 0.3) is 0 Å². The molecule has 4 heteroatoms. The number of aromatic hydroxyl groups is 1. The van der Waals surface area contributed by atoms with E-state index in [9.17, 15) is 9.90 Å². The minimum absolute atomic E-state index is 0.0458. The van der Waals surface area contributed by atoms with Crippen LogP contribution in [0, 0.1) is 0 Å². The van der Waals surface area contributed by atoms with Gasteiger partial charge in [-0.1, -0.05) is 6.07 Å². The van der Waals surface area contributed by atoms with Crippen molar-refractivity contribution in [2.24, 2.45) is 0 Å². The van der Waals surface area contributed by atoms with E-state index in [1.54, 1.807) is 6.07 Å². The number of nitrogens with one attached hydrogen (secondary N) is 1. The maximum absolute atomic E-state index is 11.1. The Morgan fingerprint density at radius 3 is 2.88 bits per heavy atom. The van der Waals surface area contributed by atoms with Crippen LogP contribution in [0.15, 0.2) is 12.1 Å². The number of hydrogen-bond donors (Lipinski definition) is 2. The van der Waals surface area contributed by atoms with Crippen LogP contribution in [0.4, 0.5) is 0 Å². The van der Waals surface area contributed by atoms with Crippen molar-refractivity contribution in [1.29, 1.82) is 0 Å². The Morgan fingerprint density at radius 2 is 2.12 bits per heavy atom. The summed E-state index contributed by atoms with van der Waals surface area (Å²) in [6.45, 7) is 0.362. The van der Waals surface area contributed by atoms with E-state index < -0.39 is 0 Å². The summed E-state index contributed by atoms with van der Waals surface area (Å²) in [6, 6.07) is 3.70. The third-order valence-corrected chi connectivity index (χ3v) is 3.45. The summed E-state index contributed by atoms with van der Waals surface area (Å²) >= 11 is 5.43. The van der Waals surface area contributed by atoms with Crippen molar-refractivity contribution in [2.75, 3.05) is 5.88 Å². The van der Waals surface area contributed by atoms with E-state index in [0.29, 0.717) is 6.54 Å². The van der Waals surface area contributed by atoms with E-state index in [4.69, 9.17) is 11.6 Å². The molecule has 2 N–H and O–H groups in total. The molecule has 0 saturated heterocycles. The molecule has 1 aliphatic rings. The first-order valence-electron chi connectivity index (χ1n) is 5.87. The van der Waals surface area contributed by atoms with Crippen molar-refractivity contribution in [1.82, 2.24) is 5.32 Å². The Balaban J connectivity index is 2.22. The van der Waals surface area contributed by atoms with Gasteiger partial charge in [-0.25, -0.2) is 0 Å². The molecule has 0 unspecified atom stereocenters. The second kappa shape index (κ2) is 5.41. The van der Waals surface area contributed by atoms with Gasteiger partial charge in [-0.15, -0.1) is 11.6 Å². The second-order valence-corrected chi connectivity index (χ2v) is 4.59. The van der Waals surface area contributed by atoms with Crippen LogP contribution in [-0.2, 0) is 24.2 Å².